The van der Waals surface area contributed by atoms with Crippen molar-refractivity contribution in [2.45, 2.75) is 18.9 Å². The second-order valence-electron chi connectivity index (χ2n) is 3.29. The summed E-state index contributed by atoms with van der Waals surface area (Å²) in [4.78, 5) is 0. The van der Waals surface area contributed by atoms with Crippen molar-refractivity contribution < 1.29 is 0 Å². The molecule has 0 spiro atoms. The van der Waals surface area contributed by atoms with Gasteiger partial charge in [0, 0.05) is 10.5 Å². The molecule has 1 aromatic carbocycles. The van der Waals surface area contributed by atoms with Crippen molar-refractivity contribution in [3.8, 4) is 0 Å². The highest BCUT2D eigenvalue weighted by Gasteiger charge is 2.18. The second kappa shape index (κ2) is 3.99. The summed E-state index contributed by atoms with van der Waals surface area (Å²) in [7, 11) is 0. The molecule has 1 N–H and O–H groups in total. The normalized spacial score (nSPS) is 22.2. The van der Waals surface area contributed by atoms with Gasteiger partial charge in [0.25, 0.3) is 0 Å². The van der Waals surface area contributed by atoms with Gasteiger partial charge in [-0.05, 0) is 46.9 Å². The number of hydrogen-bond acceptors (Lipinski definition) is 1. The van der Waals surface area contributed by atoms with Gasteiger partial charge in [-0.1, -0.05) is 23.7 Å². The number of nitrogens with one attached hydrogen (secondary N) is 1. The lowest BCUT2D eigenvalue weighted by atomic mass is 10.1. The quantitative estimate of drug-likeness (QED) is 0.814. The fourth-order valence-corrected chi connectivity index (χ4v) is 2.46. The van der Waals surface area contributed by atoms with Crippen LogP contribution in [0.4, 0.5) is 0 Å². The average molecular weight is 261 g/mol. The van der Waals surface area contributed by atoms with E-state index in [0.29, 0.717) is 6.04 Å². The Balaban J connectivity index is 2.33. The topological polar surface area (TPSA) is 12.0 Å². The van der Waals surface area contributed by atoms with E-state index >= 15 is 0 Å². The van der Waals surface area contributed by atoms with Crippen molar-refractivity contribution in [1.29, 1.82) is 0 Å². The molecular formula is C10H11BrClN. The molecule has 1 nitrogen and oxygen atoms in total. The summed E-state index contributed by atoms with van der Waals surface area (Å²) < 4.78 is 1.04. The van der Waals surface area contributed by atoms with Crippen LogP contribution in [0, 0.1) is 0 Å². The van der Waals surface area contributed by atoms with E-state index in [1.807, 2.05) is 12.1 Å². The molecule has 70 valence electrons. The molecule has 1 heterocycles. The van der Waals surface area contributed by atoms with Crippen molar-refractivity contribution >= 4 is 27.5 Å². The van der Waals surface area contributed by atoms with Crippen molar-refractivity contribution in [3.63, 3.8) is 0 Å². The summed E-state index contributed by atoms with van der Waals surface area (Å²) in [5.41, 5.74) is 1.28. The van der Waals surface area contributed by atoms with Crippen LogP contribution < -0.4 is 5.32 Å². The molecule has 1 aliphatic rings. The van der Waals surface area contributed by atoms with Crippen LogP contribution in [0.25, 0.3) is 0 Å². The summed E-state index contributed by atoms with van der Waals surface area (Å²) in [5, 5.41) is 4.25. The zero-order chi connectivity index (χ0) is 9.26. The van der Waals surface area contributed by atoms with Crippen molar-refractivity contribution in [1.82, 2.24) is 5.32 Å². The third-order valence-electron chi connectivity index (χ3n) is 2.42. The summed E-state index contributed by atoms with van der Waals surface area (Å²) in [6, 6.07) is 6.51. The summed E-state index contributed by atoms with van der Waals surface area (Å²) in [6.07, 6.45) is 2.46. The standard InChI is InChI=1S/C10H11BrClN/c11-10-7(3-1-4-8(10)12)9-5-2-6-13-9/h1,3-4,9,13H,2,5-6H2/t9-/m1/s1. The molecule has 0 radical (unpaired) electrons. The maximum Gasteiger partial charge on any atom is 0.0551 e. The minimum atomic E-state index is 0.480. The minimum Gasteiger partial charge on any atom is -0.310 e. The van der Waals surface area contributed by atoms with Gasteiger partial charge < -0.3 is 5.32 Å². The fourth-order valence-electron chi connectivity index (χ4n) is 1.74. The predicted octanol–water partition coefficient (Wildman–Crippen LogP) is 3.53. The third kappa shape index (κ3) is 1.90. The van der Waals surface area contributed by atoms with E-state index in [1.165, 1.54) is 18.4 Å². The van der Waals surface area contributed by atoms with Gasteiger partial charge in [0.2, 0.25) is 0 Å². The van der Waals surface area contributed by atoms with Gasteiger partial charge >= 0.3 is 0 Å². The van der Waals surface area contributed by atoms with Gasteiger partial charge in [-0.3, -0.25) is 0 Å². The number of hydrogen-bond donors (Lipinski definition) is 1. The average Bonchev–Trinajstić information content (AvgIpc) is 2.62. The number of benzene rings is 1. The summed E-state index contributed by atoms with van der Waals surface area (Å²) >= 11 is 9.54. The van der Waals surface area contributed by atoms with Crippen molar-refractivity contribution in [2.24, 2.45) is 0 Å². The SMILES string of the molecule is Clc1cccc([C@H]2CCCN2)c1Br. The highest BCUT2D eigenvalue weighted by Crippen LogP contribution is 2.33. The molecule has 0 aromatic heterocycles. The molecule has 0 bridgehead atoms. The first-order valence-corrected chi connectivity index (χ1v) is 5.63. The molecule has 1 atom stereocenters. The van der Waals surface area contributed by atoms with Gasteiger partial charge in [-0.2, -0.15) is 0 Å². The second-order valence-corrected chi connectivity index (χ2v) is 4.49. The van der Waals surface area contributed by atoms with Gasteiger partial charge in [-0.25, -0.2) is 0 Å². The fraction of sp³-hybridized carbons (Fsp3) is 0.400. The van der Waals surface area contributed by atoms with E-state index in [0.717, 1.165) is 16.0 Å². The Kier molecular flexibility index (Phi) is 2.92. The van der Waals surface area contributed by atoms with Crippen LogP contribution in [0.1, 0.15) is 24.4 Å². The molecule has 2 rings (SSSR count). The molecule has 0 aliphatic carbocycles. The van der Waals surface area contributed by atoms with Crippen LogP contribution >= 0.6 is 27.5 Å². The first-order chi connectivity index (χ1) is 6.29. The largest absolute Gasteiger partial charge is 0.310 e. The Morgan fingerprint density at radius 1 is 1.46 bits per heavy atom. The monoisotopic (exact) mass is 259 g/mol. The zero-order valence-electron chi connectivity index (χ0n) is 7.19. The van der Waals surface area contributed by atoms with E-state index in [1.54, 1.807) is 0 Å². The van der Waals surface area contributed by atoms with Crippen molar-refractivity contribution in [3.05, 3.63) is 33.3 Å². The minimum absolute atomic E-state index is 0.480. The molecule has 1 aliphatic heterocycles. The van der Waals surface area contributed by atoms with E-state index in [4.69, 9.17) is 11.6 Å². The molecule has 1 aromatic rings. The molecule has 0 amide bonds. The van der Waals surface area contributed by atoms with E-state index < -0.39 is 0 Å². The Bertz CT molecular complexity index is 308. The molecule has 1 fully saturated rings. The Labute approximate surface area is 91.6 Å². The number of rotatable bonds is 1. The smallest absolute Gasteiger partial charge is 0.0551 e. The lowest BCUT2D eigenvalue weighted by Gasteiger charge is -2.13. The van der Waals surface area contributed by atoms with Crippen LogP contribution in [-0.4, -0.2) is 6.54 Å². The predicted molar refractivity (Wildman–Crippen MR) is 59.1 cm³/mol. The number of halogens is 2. The van der Waals surface area contributed by atoms with Crippen LogP contribution in [0.5, 0.6) is 0 Å². The van der Waals surface area contributed by atoms with Crippen molar-refractivity contribution in [2.75, 3.05) is 6.54 Å². The van der Waals surface area contributed by atoms with Gasteiger partial charge in [-0.15, -0.1) is 0 Å². The molecule has 0 unspecified atom stereocenters. The van der Waals surface area contributed by atoms with Crippen LogP contribution in [0.2, 0.25) is 5.02 Å². The van der Waals surface area contributed by atoms with E-state index in [2.05, 4.69) is 27.3 Å². The van der Waals surface area contributed by atoms with Gasteiger partial charge in [0.15, 0.2) is 0 Å². The van der Waals surface area contributed by atoms with Gasteiger partial charge in [0.05, 0.1) is 5.02 Å². The summed E-state index contributed by atoms with van der Waals surface area (Å²) in [6.45, 7) is 1.11. The van der Waals surface area contributed by atoms with Crippen LogP contribution in [0.3, 0.4) is 0 Å². The maximum atomic E-state index is 6.02. The lowest BCUT2D eigenvalue weighted by molar-refractivity contribution is 0.645. The molecule has 3 heteroatoms. The summed E-state index contributed by atoms with van der Waals surface area (Å²) in [5.74, 6) is 0. The first kappa shape index (κ1) is 9.50. The van der Waals surface area contributed by atoms with E-state index in [9.17, 15) is 0 Å². The maximum absolute atomic E-state index is 6.02. The van der Waals surface area contributed by atoms with E-state index in [-0.39, 0.29) is 0 Å². The third-order valence-corrected chi connectivity index (χ3v) is 3.85. The molecule has 13 heavy (non-hydrogen) atoms. The van der Waals surface area contributed by atoms with Gasteiger partial charge in [0.1, 0.15) is 0 Å². The first-order valence-electron chi connectivity index (χ1n) is 4.46. The Morgan fingerprint density at radius 3 is 3.00 bits per heavy atom. The lowest BCUT2D eigenvalue weighted by Crippen LogP contribution is -2.13. The highest BCUT2D eigenvalue weighted by atomic mass is 79.9. The van der Waals surface area contributed by atoms with Crippen LogP contribution in [-0.2, 0) is 0 Å². The van der Waals surface area contributed by atoms with Crippen LogP contribution in [0.15, 0.2) is 22.7 Å². The highest BCUT2D eigenvalue weighted by molar-refractivity contribution is 9.10. The molecule has 1 saturated heterocycles. The zero-order valence-corrected chi connectivity index (χ0v) is 9.53. The Morgan fingerprint density at radius 2 is 2.31 bits per heavy atom. The molecular weight excluding hydrogens is 249 g/mol. The molecule has 0 saturated carbocycles. The Hall–Kier alpha value is -0.0500.